The van der Waals surface area contributed by atoms with Gasteiger partial charge in [-0.25, -0.2) is 13.9 Å². The predicted octanol–water partition coefficient (Wildman–Crippen LogP) is 2.16. The van der Waals surface area contributed by atoms with Crippen LogP contribution in [0.3, 0.4) is 0 Å². The van der Waals surface area contributed by atoms with Crippen LogP contribution < -0.4 is 4.72 Å². The topological polar surface area (TPSA) is 57.8 Å². The van der Waals surface area contributed by atoms with Gasteiger partial charge in [-0.2, -0.15) is 0 Å². The standard InChI is InChI=1S/C11H21N3OS/c1-8(2)10(9-6-12-7-13-9)14-16(15)11(3,4)5/h6-8,10,14H,1-5H3,(H,12,13)/t10-,16-/m1/s1. The molecule has 0 spiro atoms. The Bertz CT molecular complexity index is 341. The largest absolute Gasteiger partial charge is 0.347 e. The molecule has 1 rings (SSSR count). The molecule has 0 aliphatic heterocycles. The van der Waals surface area contributed by atoms with Crippen LogP contribution in [-0.4, -0.2) is 18.9 Å². The quantitative estimate of drug-likeness (QED) is 0.851. The fraction of sp³-hybridized carbons (Fsp3) is 0.727. The first-order valence-electron chi connectivity index (χ1n) is 5.48. The highest BCUT2D eigenvalue weighted by Crippen LogP contribution is 2.22. The van der Waals surface area contributed by atoms with E-state index in [1.165, 1.54) is 0 Å². The van der Waals surface area contributed by atoms with E-state index >= 15 is 0 Å². The predicted molar refractivity (Wildman–Crippen MR) is 67.2 cm³/mol. The number of aromatic amines is 1. The molecular formula is C11H21N3OS. The summed E-state index contributed by atoms with van der Waals surface area (Å²) in [6.45, 7) is 10.1. The third kappa shape index (κ3) is 3.42. The van der Waals surface area contributed by atoms with Crippen molar-refractivity contribution in [1.82, 2.24) is 14.7 Å². The SMILES string of the molecule is CC(C)[C@@H](N[S@](=O)C(C)(C)C)c1cnc[nH]1. The minimum Gasteiger partial charge on any atom is -0.347 e. The third-order valence-electron chi connectivity index (χ3n) is 2.31. The van der Waals surface area contributed by atoms with Gasteiger partial charge in [0.05, 0.1) is 33.8 Å². The molecule has 1 heterocycles. The molecule has 0 fully saturated rings. The lowest BCUT2D eigenvalue weighted by Crippen LogP contribution is -2.37. The molecule has 0 radical (unpaired) electrons. The molecule has 92 valence electrons. The van der Waals surface area contributed by atoms with E-state index < -0.39 is 11.0 Å². The summed E-state index contributed by atoms with van der Waals surface area (Å²) >= 11 is 0. The Morgan fingerprint density at radius 1 is 1.44 bits per heavy atom. The summed E-state index contributed by atoms with van der Waals surface area (Å²) in [6.07, 6.45) is 3.42. The van der Waals surface area contributed by atoms with Gasteiger partial charge in [-0.1, -0.05) is 13.8 Å². The highest BCUT2D eigenvalue weighted by Gasteiger charge is 2.25. The Morgan fingerprint density at radius 2 is 2.06 bits per heavy atom. The van der Waals surface area contributed by atoms with Crippen LogP contribution in [0.2, 0.25) is 0 Å². The van der Waals surface area contributed by atoms with Crippen molar-refractivity contribution in [3.05, 3.63) is 18.2 Å². The van der Waals surface area contributed by atoms with Crippen molar-refractivity contribution in [2.75, 3.05) is 0 Å². The van der Waals surface area contributed by atoms with E-state index in [1.807, 2.05) is 20.8 Å². The Kier molecular flexibility index (Phi) is 4.27. The molecule has 0 saturated carbocycles. The summed E-state index contributed by atoms with van der Waals surface area (Å²) < 4.78 is 14.9. The number of rotatable bonds is 4. The number of hydrogen-bond acceptors (Lipinski definition) is 2. The van der Waals surface area contributed by atoms with Gasteiger partial charge in [0.15, 0.2) is 0 Å². The second-order valence-electron chi connectivity index (χ2n) is 5.23. The van der Waals surface area contributed by atoms with Crippen LogP contribution in [-0.2, 0) is 11.0 Å². The zero-order valence-electron chi connectivity index (χ0n) is 10.6. The lowest BCUT2D eigenvalue weighted by Gasteiger charge is -2.25. The van der Waals surface area contributed by atoms with Gasteiger partial charge >= 0.3 is 0 Å². The number of imidazole rings is 1. The van der Waals surface area contributed by atoms with E-state index in [1.54, 1.807) is 12.5 Å². The molecule has 2 N–H and O–H groups in total. The van der Waals surface area contributed by atoms with Crippen LogP contribution in [0.1, 0.15) is 46.4 Å². The second kappa shape index (κ2) is 5.10. The summed E-state index contributed by atoms with van der Waals surface area (Å²) in [4.78, 5) is 7.07. The Labute approximate surface area is 99.8 Å². The summed E-state index contributed by atoms with van der Waals surface area (Å²) in [5.74, 6) is 0.353. The van der Waals surface area contributed by atoms with Gasteiger partial charge in [-0.15, -0.1) is 0 Å². The highest BCUT2D eigenvalue weighted by atomic mass is 32.2. The first-order chi connectivity index (χ1) is 7.32. The molecule has 0 bridgehead atoms. The van der Waals surface area contributed by atoms with Gasteiger partial charge in [-0.3, -0.25) is 0 Å². The zero-order valence-corrected chi connectivity index (χ0v) is 11.4. The highest BCUT2D eigenvalue weighted by molar-refractivity contribution is 7.84. The van der Waals surface area contributed by atoms with Crippen LogP contribution in [0.4, 0.5) is 0 Å². The van der Waals surface area contributed by atoms with Crippen molar-refractivity contribution in [3.63, 3.8) is 0 Å². The normalized spacial score (nSPS) is 16.4. The fourth-order valence-corrected chi connectivity index (χ4v) is 2.27. The third-order valence-corrected chi connectivity index (χ3v) is 3.89. The van der Waals surface area contributed by atoms with Crippen molar-refractivity contribution in [3.8, 4) is 0 Å². The van der Waals surface area contributed by atoms with Gasteiger partial charge in [0, 0.05) is 6.20 Å². The number of aromatic nitrogens is 2. The fourth-order valence-electron chi connectivity index (χ4n) is 1.29. The van der Waals surface area contributed by atoms with E-state index in [4.69, 9.17) is 0 Å². The summed E-state index contributed by atoms with van der Waals surface area (Å²) in [5, 5.41) is 0. The van der Waals surface area contributed by atoms with Crippen molar-refractivity contribution >= 4 is 11.0 Å². The van der Waals surface area contributed by atoms with Crippen LogP contribution >= 0.6 is 0 Å². The maximum atomic E-state index is 12.0. The number of nitrogens with zero attached hydrogens (tertiary/aromatic N) is 1. The first kappa shape index (κ1) is 13.4. The lowest BCUT2D eigenvalue weighted by molar-refractivity contribution is 0.465. The molecule has 0 aliphatic carbocycles. The van der Waals surface area contributed by atoms with Gasteiger partial charge < -0.3 is 4.98 Å². The molecular weight excluding hydrogens is 222 g/mol. The Morgan fingerprint density at radius 3 is 2.44 bits per heavy atom. The smallest absolute Gasteiger partial charge is 0.0976 e. The van der Waals surface area contributed by atoms with Gasteiger partial charge in [0.2, 0.25) is 0 Å². The molecule has 1 aromatic rings. The number of hydrogen-bond donors (Lipinski definition) is 2. The lowest BCUT2D eigenvalue weighted by atomic mass is 10.0. The molecule has 1 aromatic heterocycles. The summed E-state index contributed by atoms with van der Waals surface area (Å²) in [6, 6.07) is 0.0440. The molecule has 2 atom stereocenters. The molecule has 16 heavy (non-hydrogen) atoms. The Balaban J connectivity index is 2.78. The minimum absolute atomic E-state index is 0.0440. The molecule has 0 amide bonds. The summed E-state index contributed by atoms with van der Waals surface area (Å²) in [5.41, 5.74) is 0.979. The van der Waals surface area contributed by atoms with E-state index in [0.29, 0.717) is 5.92 Å². The van der Waals surface area contributed by atoms with E-state index in [-0.39, 0.29) is 10.8 Å². The average Bonchev–Trinajstić information content (AvgIpc) is 2.63. The van der Waals surface area contributed by atoms with Crippen LogP contribution in [0.15, 0.2) is 12.5 Å². The molecule has 5 heteroatoms. The van der Waals surface area contributed by atoms with Gasteiger partial charge in [0.25, 0.3) is 0 Å². The van der Waals surface area contributed by atoms with E-state index in [0.717, 1.165) is 5.69 Å². The molecule has 0 unspecified atom stereocenters. The maximum absolute atomic E-state index is 12.0. The van der Waals surface area contributed by atoms with Crippen LogP contribution in [0, 0.1) is 5.92 Å². The summed E-state index contributed by atoms with van der Waals surface area (Å²) in [7, 11) is -1.07. The van der Waals surface area contributed by atoms with E-state index in [2.05, 4.69) is 28.5 Å². The van der Waals surface area contributed by atoms with Gasteiger partial charge in [-0.05, 0) is 26.7 Å². The average molecular weight is 243 g/mol. The number of H-pyrrole nitrogens is 1. The van der Waals surface area contributed by atoms with Crippen molar-refractivity contribution in [2.45, 2.75) is 45.4 Å². The minimum atomic E-state index is -1.07. The van der Waals surface area contributed by atoms with Crippen molar-refractivity contribution in [1.29, 1.82) is 0 Å². The van der Waals surface area contributed by atoms with Crippen LogP contribution in [0.5, 0.6) is 0 Å². The van der Waals surface area contributed by atoms with Crippen molar-refractivity contribution < 1.29 is 4.21 Å². The van der Waals surface area contributed by atoms with Crippen molar-refractivity contribution in [2.24, 2.45) is 5.92 Å². The second-order valence-corrected chi connectivity index (χ2v) is 7.23. The maximum Gasteiger partial charge on any atom is 0.0976 e. The Hall–Kier alpha value is -0.680. The molecule has 4 nitrogen and oxygen atoms in total. The molecule has 0 saturated heterocycles. The zero-order chi connectivity index (χ0) is 12.3. The number of nitrogens with one attached hydrogen (secondary N) is 2. The van der Waals surface area contributed by atoms with Crippen LogP contribution in [0.25, 0.3) is 0 Å². The van der Waals surface area contributed by atoms with Gasteiger partial charge in [0.1, 0.15) is 0 Å². The monoisotopic (exact) mass is 243 g/mol. The molecule has 0 aromatic carbocycles. The van der Waals surface area contributed by atoms with E-state index in [9.17, 15) is 4.21 Å². The molecule has 0 aliphatic rings. The first-order valence-corrected chi connectivity index (χ1v) is 6.63.